The van der Waals surface area contributed by atoms with Crippen molar-refractivity contribution >= 4 is 11.9 Å². The summed E-state index contributed by atoms with van der Waals surface area (Å²) in [6.45, 7) is 1.83. The number of amides is 1. The Morgan fingerprint density at radius 2 is 1.85 bits per heavy atom. The van der Waals surface area contributed by atoms with E-state index in [0.29, 0.717) is 0 Å². The second kappa shape index (κ2) is 6.70. The Bertz CT molecular complexity index is 522. The molecule has 4 heteroatoms. The minimum absolute atomic E-state index is 0.195. The summed E-state index contributed by atoms with van der Waals surface area (Å²) < 4.78 is 5.16. The van der Waals surface area contributed by atoms with Crippen LogP contribution in [0.1, 0.15) is 12.5 Å². The summed E-state index contributed by atoms with van der Waals surface area (Å²) in [6, 6.07) is 8.76. The lowest BCUT2D eigenvalue weighted by Crippen LogP contribution is -2.41. The van der Waals surface area contributed by atoms with Gasteiger partial charge in [0.2, 0.25) is 5.91 Å². The fourth-order valence-electron chi connectivity index (χ4n) is 1.83. The van der Waals surface area contributed by atoms with Crippen molar-refractivity contribution in [1.82, 2.24) is 5.32 Å². The zero-order valence-electron chi connectivity index (χ0n) is 11.3. The van der Waals surface area contributed by atoms with Crippen LogP contribution in [0.5, 0.6) is 0 Å². The maximum Gasteiger partial charge on any atom is 0.328 e. The van der Waals surface area contributed by atoms with E-state index in [1.54, 1.807) is 19.1 Å². The molecule has 0 saturated heterocycles. The highest BCUT2D eigenvalue weighted by Gasteiger charge is 2.21. The van der Waals surface area contributed by atoms with Crippen molar-refractivity contribution in [3.63, 3.8) is 0 Å². The number of benzene rings is 1. The van der Waals surface area contributed by atoms with Crippen molar-refractivity contribution in [2.75, 3.05) is 0 Å². The molecule has 0 fully saturated rings. The molecule has 4 nitrogen and oxygen atoms in total. The van der Waals surface area contributed by atoms with Gasteiger partial charge in [0, 0.05) is 0 Å². The van der Waals surface area contributed by atoms with E-state index in [1.807, 2.05) is 42.5 Å². The van der Waals surface area contributed by atoms with E-state index in [1.165, 1.54) is 0 Å². The van der Waals surface area contributed by atoms with Gasteiger partial charge in [-0.2, -0.15) is 0 Å². The second-order valence-electron chi connectivity index (χ2n) is 4.62. The molecule has 1 aromatic rings. The van der Waals surface area contributed by atoms with Crippen LogP contribution >= 0.6 is 0 Å². The summed E-state index contributed by atoms with van der Waals surface area (Å²) in [5, 5.41) is 2.64. The molecule has 0 bridgehead atoms. The molecular weight excluding hydrogens is 254 g/mol. The summed E-state index contributed by atoms with van der Waals surface area (Å²) >= 11 is 0. The Morgan fingerprint density at radius 3 is 2.50 bits per heavy atom. The van der Waals surface area contributed by atoms with Crippen LogP contribution < -0.4 is 5.32 Å². The highest BCUT2D eigenvalue weighted by molar-refractivity contribution is 5.88. The van der Waals surface area contributed by atoms with Crippen molar-refractivity contribution in [3.05, 3.63) is 60.2 Å². The monoisotopic (exact) mass is 271 g/mol. The number of nitrogens with one attached hydrogen (secondary N) is 1. The Hall–Kier alpha value is -2.36. The molecule has 1 aliphatic carbocycles. The molecule has 1 atom stereocenters. The van der Waals surface area contributed by atoms with Crippen LogP contribution in [0.2, 0.25) is 0 Å². The van der Waals surface area contributed by atoms with E-state index in [0.717, 1.165) is 5.56 Å². The van der Waals surface area contributed by atoms with Crippen LogP contribution in [0, 0.1) is 5.92 Å². The number of hydrogen-bond donors (Lipinski definition) is 1. The number of allylic oxidation sites excluding steroid dienone is 2. The topological polar surface area (TPSA) is 55.4 Å². The minimum Gasteiger partial charge on any atom is -0.459 e. The molecule has 0 radical (unpaired) electrons. The first-order valence-electron chi connectivity index (χ1n) is 6.53. The lowest BCUT2D eigenvalue weighted by molar-refractivity contribution is -0.148. The molecule has 0 aliphatic heterocycles. The Labute approximate surface area is 118 Å². The Kier molecular flexibility index (Phi) is 4.71. The summed E-state index contributed by atoms with van der Waals surface area (Å²) in [7, 11) is 0. The van der Waals surface area contributed by atoms with Crippen LogP contribution in [-0.4, -0.2) is 17.9 Å². The molecule has 1 N–H and O–H groups in total. The highest BCUT2D eigenvalue weighted by Crippen LogP contribution is 2.09. The fraction of sp³-hybridized carbons (Fsp3) is 0.250. The predicted octanol–water partition coefficient (Wildman–Crippen LogP) is 1.98. The van der Waals surface area contributed by atoms with Crippen molar-refractivity contribution in [2.45, 2.75) is 19.6 Å². The molecule has 0 aromatic heterocycles. The van der Waals surface area contributed by atoms with Gasteiger partial charge < -0.3 is 10.1 Å². The third-order valence-corrected chi connectivity index (χ3v) is 2.99. The zero-order valence-corrected chi connectivity index (χ0v) is 11.3. The van der Waals surface area contributed by atoms with Crippen molar-refractivity contribution < 1.29 is 14.3 Å². The number of hydrogen-bond acceptors (Lipinski definition) is 3. The van der Waals surface area contributed by atoms with Crippen molar-refractivity contribution in [3.8, 4) is 0 Å². The lowest BCUT2D eigenvalue weighted by Gasteiger charge is -2.15. The average molecular weight is 271 g/mol. The third-order valence-electron chi connectivity index (χ3n) is 2.99. The van der Waals surface area contributed by atoms with E-state index in [2.05, 4.69) is 5.32 Å². The number of rotatable bonds is 5. The highest BCUT2D eigenvalue weighted by atomic mass is 16.5. The van der Waals surface area contributed by atoms with E-state index in [-0.39, 0.29) is 18.4 Å². The molecule has 104 valence electrons. The number of esters is 1. The first-order chi connectivity index (χ1) is 9.66. The van der Waals surface area contributed by atoms with Crippen LogP contribution in [0.15, 0.2) is 54.6 Å². The second-order valence-corrected chi connectivity index (χ2v) is 4.62. The number of carbonyl (C=O) groups is 2. The smallest absolute Gasteiger partial charge is 0.328 e. The molecule has 20 heavy (non-hydrogen) atoms. The maximum absolute atomic E-state index is 11.8. The molecule has 1 aliphatic rings. The first kappa shape index (κ1) is 14.1. The molecule has 0 spiro atoms. The van der Waals surface area contributed by atoms with Gasteiger partial charge in [-0.15, -0.1) is 0 Å². The van der Waals surface area contributed by atoms with Gasteiger partial charge in [-0.3, -0.25) is 4.79 Å². The zero-order chi connectivity index (χ0) is 14.4. The molecule has 1 aromatic carbocycles. The summed E-state index contributed by atoms with van der Waals surface area (Å²) in [6.07, 6.45) is 7.17. The standard InChI is InChI=1S/C16H17NO3/c1-12(17-15(18)14-9-5-6-10-14)16(19)20-11-13-7-3-2-4-8-13/h2-10,12,14H,11H2,1H3,(H,17,18)/t12-/m0/s1. The first-order valence-corrected chi connectivity index (χ1v) is 6.53. The van der Waals surface area contributed by atoms with Crippen LogP contribution in [-0.2, 0) is 20.9 Å². The molecule has 0 unspecified atom stereocenters. The summed E-state index contributed by atoms with van der Waals surface area (Å²) in [5.41, 5.74) is 0.918. The normalized spacial score (nSPS) is 15.1. The minimum atomic E-state index is -0.659. The van der Waals surface area contributed by atoms with Gasteiger partial charge in [-0.25, -0.2) is 4.79 Å². The largest absolute Gasteiger partial charge is 0.459 e. The quantitative estimate of drug-likeness (QED) is 0.833. The molecule has 0 saturated carbocycles. The van der Waals surface area contributed by atoms with Gasteiger partial charge in [0.1, 0.15) is 12.6 Å². The molecular formula is C16H17NO3. The number of ether oxygens (including phenoxy) is 1. The molecule has 0 heterocycles. The Morgan fingerprint density at radius 1 is 1.20 bits per heavy atom. The van der Waals surface area contributed by atoms with Gasteiger partial charge >= 0.3 is 5.97 Å². The van der Waals surface area contributed by atoms with Crippen LogP contribution in [0.3, 0.4) is 0 Å². The summed E-state index contributed by atoms with van der Waals surface area (Å²) in [4.78, 5) is 23.6. The van der Waals surface area contributed by atoms with E-state index in [9.17, 15) is 9.59 Å². The van der Waals surface area contributed by atoms with Crippen molar-refractivity contribution in [2.24, 2.45) is 5.92 Å². The lowest BCUT2D eigenvalue weighted by atomic mass is 10.1. The average Bonchev–Trinajstić information content (AvgIpc) is 3.00. The van der Waals surface area contributed by atoms with Gasteiger partial charge in [0.05, 0.1) is 5.92 Å². The van der Waals surface area contributed by atoms with E-state index < -0.39 is 12.0 Å². The van der Waals surface area contributed by atoms with E-state index >= 15 is 0 Å². The predicted molar refractivity (Wildman–Crippen MR) is 75.6 cm³/mol. The molecule has 2 rings (SSSR count). The fourth-order valence-corrected chi connectivity index (χ4v) is 1.83. The molecule has 1 amide bonds. The van der Waals surface area contributed by atoms with Gasteiger partial charge in [-0.05, 0) is 12.5 Å². The van der Waals surface area contributed by atoms with Gasteiger partial charge in [0.15, 0.2) is 0 Å². The third kappa shape index (κ3) is 3.82. The van der Waals surface area contributed by atoms with Gasteiger partial charge in [-0.1, -0.05) is 54.6 Å². The van der Waals surface area contributed by atoms with Crippen LogP contribution in [0.4, 0.5) is 0 Å². The van der Waals surface area contributed by atoms with E-state index in [4.69, 9.17) is 4.74 Å². The van der Waals surface area contributed by atoms with Gasteiger partial charge in [0.25, 0.3) is 0 Å². The van der Waals surface area contributed by atoms with Crippen LogP contribution in [0.25, 0.3) is 0 Å². The summed E-state index contributed by atoms with van der Waals surface area (Å²) in [5.74, 6) is -0.924. The number of carbonyl (C=O) groups excluding carboxylic acids is 2. The maximum atomic E-state index is 11.8. The SMILES string of the molecule is C[C@H](NC(=O)C1C=CC=C1)C(=O)OCc1ccccc1. The van der Waals surface area contributed by atoms with Crippen molar-refractivity contribution in [1.29, 1.82) is 0 Å². The Balaban J connectivity index is 1.78.